The molecule has 1 aliphatic heterocycles. The highest BCUT2D eigenvalue weighted by Crippen LogP contribution is 2.53. The van der Waals surface area contributed by atoms with Crippen LogP contribution >= 0.6 is 0 Å². The first-order valence-electron chi connectivity index (χ1n) is 10.8. The number of amides is 1. The SMILES string of the molecule is COc1ccc(C(=O)O)cc1-c1ccccc1.O=C(C1CC1)N1CCC2(CC1)CC2. The zero-order valence-corrected chi connectivity index (χ0v) is 17.5. The molecule has 1 saturated heterocycles. The first-order valence-corrected chi connectivity index (χ1v) is 10.8. The number of carbonyl (C=O) groups excluding carboxylic acids is 1. The second kappa shape index (κ2) is 8.50. The summed E-state index contributed by atoms with van der Waals surface area (Å²) >= 11 is 0. The molecule has 0 atom stereocenters. The van der Waals surface area contributed by atoms with Gasteiger partial charge in [-0.3, -0.25) is 4.79 Å². The van der Waals surface area contributed by atoms with Crippen LogP contribution in [0, 0.1) is 11.3 Å². The van der Waals surface area contributed by atoms with E-state index < -0.39 is 5.97 Å². The number of aromatic carboxylic acids is 1. The molecule has 2 aliphatic carbocycles. The number of carboxylic acids is 1. The molecule has 2 aromatic carbocycles. The summed E-state index contributed by atoms with van der Waals surface area (Å²) in [6.45, 7) is 2.10. The van der Waals surface area contributed by atoms with Gasteiger partial charge in [-0.05, 0) is 67.7 Å². The van der Waals surface area contributed by atoms with Crippen molar-refractivity contribution in [1.29, 1.82) is 0 Å². The Labute approximate surface area is 177 Å². The fourth-order valence-electron chi connectivity index (χ4n) is 4.15. The molecule has 1 N–H and O–H groups in total. The molecule has 158 valence electrons. The molecule has 5 nitrogen and oxygen atoms in total. The van der Waals surface area contributed by atoms with Crippen LogP contribution in [0.4, 0.5) is 0 Å². The Morgan fingerprint density at radius 3 is 2.20 bits per heavy atom. The number of carboxylic acid groups (broad SMARTS) is 1. The highest BCUT2D eigenvalue weighted by molar-refractivity contribution is 5.90. The molecular formula is C25H29NO4. The molecule has 5 heteroatoms. The smallest absolute Gasteiger partial charge is 0.335 e. The minimum atomic E-state index is -0.940. The molecule has 1 heterocycles. The van der Waals surface area contributed by atoms with Crippen LogP contribution in [0.15, 0.2) is 48.5 Å². The molecule has 1 spiro atoms. The number of likely N-dealkylation sites (tertiary alicyclic amines) is 1. The largest absolute Gasteiger partial charge is 0.496 e. The number of piperidine rings is 1. The first-order chi connectivity index (χ1) is 14.5. The van der Waals surface area contributed by atoms with Crippen LogP contribution in [0.2, 0.25) is 0 Å². The Morgan fingerprint density at radius 2 is 1.67 bits per heavy atom. The van der Waals surface area contributed by atoms with E-state index in [1.807, 2.05) is 30.3 Å². The molecule has 3 fully saturated rings. The predicted molar refractivity (Wildman–Crippen MR) is 116 cm³/mol. The van der Waals surface area contributed by atoms with Crippen LogP contribution in [0.1, 0.15) is 48.9 Å². The van der Waals surface area contributed by atoms with Gasteiger partial charge in [0.05, 0.1) is 12.7 Å². The van der Waals surface area contributed by atoms with Crippen LogP contribution < -0.4 is 4.74 Å². The van der Waals surface area contributed by atoms with E-state index in [0.717, 1.165) is 37.1 Å². The number of nitrogens with zero attached hydrogens (tertiary/aromatic N) is 1. The average Bonchev–Trinajstić information content (AvgIpc) is 3.71. The standard InChI is InChI=1S/C14H12O3.C11H17NO/c1-17-13-8-7-11(14(15)16)9-12(13)10-5-3-2-4-6-10;13-10(9-1-2-9)12-7-5-11(3-4-11)6-8-12/h2-9H,1H3,(H,15,16);9H,1-8H2. The van der Waals surface area contributed by atoms with Crippen molar-refractivity contribution in [3.8, 4) is 16.9 Å². The topological polar surface area (TPSA) is 66.8 Å². The Balaban J connectivity index is 0.000000150. The maximum atomic E-state index is 11.7. The van der Waals surface area contributed by atoms with Crippen LogP contribution in [-0.2, 0) is 4.79 Å². The molecule has 0 bridgehead atoms. The summed E-state index contributed by atoms with van der Waals surface area (Å²) in [6.07, 6.45) is 7.73. The van der Waals surface area contributed by atoms with Gasteiger partial charge in [0.1, 0.15) is 5.75 Å². The minimum absolute atomic E-state index is 0.254. The molecule has 0 unspecified atom stereocenters. The van der Waals surface area contributed by atoms with Gasteiger partial charge in [-0.15, -0.1) is 0 Å². The Kier molecular flexibility index (Phi) is 5.80. The second-order valence-electron chi connectivity index (χ2n) is 8.69. The van der Waals surface area contributed by atoms with E-state index in [9.17, 15) is 9.59 Å². The second-order valence-corrected chi connectivity index (χ2v) is 8.69. The molecule has 0 aromatic heterocycles. The summed E-state index contributed by atoms with van der Waals surface area (Å²) in [5, 5.41) is 8.98. The number of methoxy groups -OCH3 is 1. The van der Waals surface area contributed by atoms with Crippen LogP contribution in [0.3, 0.4) is 0 Å². The molecule has 30 heavy (non-hydrogen) atoms. The van der Waals surface area contributed by atoms with Crippen molar-refractivity contribution in [2.24, 2.45) is 11.3 Å². The zero-order valence-electron chi connectivity index (χ0n) is 17.5. The number of ether oxygens (including phenoxy) is 1. The molecule has 1 amide bonds. The molecule has 2 saturated carbocycles. The van der Waals surface area contributed by atoms with E-state index in [2.05, 4.69) is 4.90 Å². The predicted octanol–water partition coefficient (Wildman–Crippen LogP) is 4.86. The maximum absolute atomic E-state index is 11.7. The third kappa shape index (κ3) is 4.66. The Bertz CT molecular complexity index is 906. The van der Waals surface area contributed by atoms with Crippen LogP contribution in [-0.4, -0.2) is 42.1 Å². The van der Waals surface area contributed by atoms with Crippen LogP contribution in [0.25, 0.3) is 11.1 Å². The number of hydrogen-bond donors (Lipinski definition) is 1. The number of hydrogen-bond acceptors (Lipinski definition) is 3. The van der Waals surface area contributed by atoms with Gasteiger partial charge in [-0.2, -0.15) is 0 Å². The van der Waals surface area contributed by atoms with Crippen molar-refractivity contribution in [2.75, 3.05) is 20.2 Å². The first kappa shape index (κ1) is 20.5. The number of benzene rings is 2. The highest BCUT2D eigenvalue weighted by atomic mass is 16.5. The lowest BCUT2D eigenvalue weighted by atomic mass is 9.93. The van der Waals surface area contributed by atoms with Gasteiger partial charge < -0.3 is 14.7 Å². The number of rotatable bonds is 4. The fourth-order valence-corrected chi connectivity index (χ4v) is 4.15. The fraction of sp³-hybridized carbons (Fsp3) is 0.440. The molecule has 3 aliphatic rings. The Hall–Kier alpha value is -2.82. The third-order valence-corrected chi connectivity index (χ3v) is 6.55. The molecule has 5 rings (SSSR count). The van der Waals surface area contributed by atoms with E-state index in [1.54, 1.807) is 19.2 Å². The lowest BCUT2D eigenvalue weighted by Crippen LogP contribution is -2.39. The summed E-state index contributed by atoms with van der Waals surface area (Å²) in [4.78, 5) is 24.8. The van der Waals surface area contributed by atoms with E-state index >= 15 is 0 Å². The van der Waals surface area contributed by atoms with Crippen molar-refractivity contribution < 1.29 is 19.4 Å². The van der Waals surface area contributed by atoms with Gasteiger partial charge in [0, 0.05) is 24.6 Å². The third-order valence-electron chi connectivity index (χ3n) is 6.55. The van der Waals surface area contributed by atoms with Crippen molar-refractivity contribution in [3.05, 3.63) is 54.1 Å². The van der Waals surface area contributed by atoms with E-state index in [1.165, 1.54) is 31.7 Å². The molecule has 0 radical (unpaired) electrons. The Morgan fingerprint density at radius 1 is 1.00 bits per heavy atom. The van der Waals surface area contributed by atoms with Gasteiger partial charge in [-0.1, -0.05) is 30.3 Å². The van der Waals surface area contributed by atoms with Crippen molar-refractivity contribution in [2.45, 2.75) is 38.5 Å². The quantitative estimate of drug-likeness (QED) is 0.786. The monoisotopic (exact) mass is 407 g/mol. The minimum Gasteiger partial charge on any atom is -0.496 e. The van der Waals surface area contributed by atoms with Gasteiger partial charge in [0.15, 0.2) is 0 Å². The summed E-state index contributed by atoms with van der Waals surface area (Å²) in [5.74, 6) is 0.606. The summed E-state index contributed by atoms with van der Waals surface area (Å²) in [7, 11) is 1.57. The van der Waals surface area contributed by atoms with Crippen molar-refractivity contribution in [3.63, 3.8) is 0 Å². The van der Waals surface area contributed by atoms with E-state index in [4.69, 9.17) is 9.84 Å². The normalized spacial score (nSPS) is 18.9. The lowest BCUT2D eigenvalue weighted by molar-refractivity contribution is -0.134. The maximum Gasteiger partial charge on any atom is 0.335 e. The van der Waals surface area contributed by atoms with Crippen molar-refractivity contribution in [1.82, 2.24) is 4.90 Å². The summed E-state index contributed by atoms with van der Waals surface area (Å²) < 4.78 is 5.24. The summed E-state index contributed by atoms with van der Waals surface area (Å²) in [5.41, 5.74) is 2.69. The van der Waals surface area contributed by atoms with E-state index in [0.29, 0.717) is 23.0 Å². The van der Waals surface area contributed by atoms with E-state index in [-0.39, 0.29) is 5.56 Å². The van der Waals surface area contributed by atoms with Gasteiger partial charge in [-0.25, -0.2) is 4.79 Å². The van der Waals surface area contributed by atoms with Gasteiger partial charge in [0.2, 0.25) is 5.91 Å². The van der Waals surface area contributed by atoms with Crippen LogP contribution in [0.5, 0.6) is 5.75 Å². The van der Waals surface area contributed by atoms with Gasteiger partial charge in [0.25, 0.3) is 0 Å². The molecule has 2 aromatic rings. The summed E-state index contributed by atoms with van der Waals surface area (Å²) in [6, 6.07) is 14.4. The number of carbonyl (C=O) groups is 2. The van der Waals surface area contributed by atoms with Crippen molar-refractivity contribution >= 4 is 11.9 Å². The highest BCUT2D eigenvalue weighted by Gasteiger charge is 2.46. The zero-order chi connectivity index (χ0) is 21.1. The van der Waals surface area contributed by atoms with Gasteiger partial charge >= 0.3 is 5.97 Å². The lowest BCUT2D eigenvalue weighted by Gasteiger charge is -2.32. The average molecular weight is 408 g/mol. The molecular weight excluding hydrogens is 378 g/mol.